The average Bonchev–Trinajstić information content (AvgIpc) is 2.43. The van der Waals surface area contributed by atoms with Gasteiger partial charge in [-0.2, -0.15) is 0 Å². The summed E-state index contributed by atoms with van der Waals surface area (Å²) in [7, 11) is 0. The van der Waals surface area contributed by atoms with Crippen LogP contribution in [0.3, 0.4) is 0 Å². The van der Waals surface area contributed by atoms with Crippen LogP contribution in [-0.2, 0) is 9.59 Å². The second kappa shape index (κ2) is 6.89. The monoisotopic (exact) mass is 263 g/mol. The van der Waals surface area contributed by atoms with Crippen molar-refractivity contribution in [1.29, 1.82) is 0 Å². The van der Waals surface area contributed by atoms with Gasteiger partial charge in [0.15, 0.2) is 0 Å². The van der Waals surface area contributed by atoms with Gasteiger partial charge in [0.05, 0.1) is 0 Å². The van der Waals surface area contributed by atoms with E-state index in [0.29, 0.717) is 5.56 Å². The minimum atomic E-state index is -0.799. The summed E-state index contributed by atoms with van der Waals surface area (Å²) in [5.41, 5.74) is 11.9. The van der Waals surface area contributed by atoms with Crippen LogP contribution in [0.1, 0.15) is 31.9 Å². The van der Waals surface area contributed by atoms with E-state index >= 15 is 0 Å². The van der Waals surface area contributed by atoms with E-state index in [4.69, 9.17) is 11.5 Å². The number of rotatable bonds is 6. The minimum absolute atomic E-state index is 0.0237. The third-order valence-electron chi connectivity index (χ3n) is 3.26. The van der Waals surface area contributed by atoms with Crippen molar-refractivity contribution in [3.63, 3.8) is 0 Å². The average molecular weight is 263 g/mol. The van der Waals surface area contributed by atoms with E-state index in [-0.39, 0.29) is 5.92 Å². The molecule has 1 aromatic carbocycles. The first kappa shape index (κ1) is 15.2. The van der Waals surface area contributed by atoms with Crippen molar-refractivity contribution in [3.8, 4) is 0 Å². The Morgan fingerprint density at radius 2 is 1.84 bits per heavy atom. The third kappa shape index (κ3) is 4.06. The zero-order valence-corrected chi connectivity index (χ0v) is 11.3. The Bertz CT molecular complexity index is 434. The number of hydrogen-bond acceptors (Lipinski definition) is 3. The molecule has 19 heavy (non-hydrogen) atoms. The highest BCUT2D eigenvalue weighted by Gasteiger charge is 2.26. The summed E-state index contributed by atoms with van der Waals surface area (Å²) < 4.78 is 0. The first-order chi connectivity index (χ1) is 8.97. The fraction of sp³-hybridized carbons (Fsp3) is 0.429. The largest absolute Gasteiger partial charge is 0.368 e. The van der Waals surface area contributed by atoms with Crippen LogP contribution in [0.15, 0.2) is 30.3 Å². The van der Waals surface area contributed by atoms with E-state index in [1.54, 1.807) is 12.1 Å². The standard InChI is InChI=1S/C14H21N3O2/c1-3-9(2)12(13(16)18)17-14(19)11(15)10-7-5-4-6-8-10/h4-9,11-12H,3,15H2,1-2H3,(H2,16,18)(H,17,19). The van der Waals surface area contributed by atoms with Crippen molar-refractivity contribution in [2.24, 2.45) is 17.4 Å². The van der Waals surface area contributed by atoms with Crippen LogP contribution in [0.4, 0.5) is 0 Å². The van der Waals surface area contributed by atoms with Gasteiger partial charge in [-0.15, -0.1) is 0 Å². The predicted octanol–water partition coefficient (Wildman–Crippen LogP) is 0.703. The second-order valence-electron chi connectivity index (χ2n) is 4.66. The van der Waals surface area contributed by atoms with E-state index < -0.39 is 23.9 Å². The van der Waals surface area contributed by atoms with Crippen molar-refractivity contribution >= 4 is 11.8 Å². The van der Waals surface area contributed by atoms with Gasteiger partial charge < -0.3 is 16.8 Å². The lowest BCUT2D eigenvalue weighted by molar-refractivity contribution is -0.129. The first-order valence-electron chi connectivity index (χ1n) is 6.37. The topological polar surface area (TPSA) is 98.2 Å². The van der Waals surface area contributed by atoms with Gasteiger partial charge in [0.2, 0.25) is 11.8 Å². The summed E-state index contributed by atoms with van der Waals surface area (Å²) in [6.07, 6.45) is 0.745. The fourth-order valence-electron chi connectivity index (χ4n) is 1.78. The number of primary amides is 1. The van der Waals surface area contributed by atoms with Crippen molar-refractivity contribution < 1.29 is 9.59 Å². The Balaban J connectivity index is 2.75. The predicted molar refractivity (Wildman–Crippen MR) is 74.0 cm³/mol. The molecule has 0 bridgehead atoms. The molecule has 1 rings (SSSR count). The molecule has 0 aliphatic carbocycles. The summed E-state index contributed by atoms with van der Waals surface area (Å²) >= 11 is 0. The van der Waals surface area contributed by atoms with E-state index in [1.165, 1.54) is 0 Å². The van der Waals surface area contributed by atoms with Gasteiger partial charge in [-0.1, -0.05) is 50.6 Å². The number of amides is 2. The molecule has 3 atom stereocenters. The Labute approximate surface area is 113 Å². The lowest BCUT2D eigenvalue weighted by Crippen LogP contribution is -2.50. The van der Waals surface area contributed by atoms with Crippen LogP contribution < -0.4 is 16.8 Å². The Morgan fingerprint density at radius 3 is 2.32 bits per heavy atom. The SMILES string of the molecule is CCC(C)C(NC(=O)C(N)c1ccccc1)C(N)=O. The lowest BCUT2D eigenvalue weighted by Gasteiger charge is -2.23. The maximum atomic E-state index is 12.0. The van der Waals surface area contributed by atoms with Gasteiger partial charge in [-0.25, -0.2) is 0 Å². The number of nitrogens with two attached hydrogens (primary N) is 2. The first-order valence-corrected chi connectivity index (χ1v) is 6.37. The number of carbonyl (C=O) groups is 2. The molecule has 0 aromatic heterocycles. The van der Waals surface area contributed by atoms with E-state index in [0.717, 1.165) is 6.42 Å². The number of hydrogen-bond donors (Lipinski definition) is 3. The zero-order chi connectivity index (χ0) is 14.4. The minimum Gasteiger partial charge on any atom is -0.368 e. The lowest BCUT2D eigenvalue weighted by atomic mass is 9.97. The molecule has 0 saturated carbocycles. The quantitative estimate of drug-likeness (QED) is 0.704. The van der Waals surface area contributed by atoms with Gasteiger partial charge >= 0.3 is 0 Å². The highest BCUT2D eigenvalue weighted by Crippen LogP contribution is 2.12. The molecule has 0 aliphatic heterocycles. The Kier molecular flexibility index (Phi) is 5.51. The van der Waals surface area contributed by atoms with Crippen LogP contribution in [0, 0.1) is 5.92 Å². The van der Waals surface area contributed by atoms with Crippen LogP contribution in [0.25, 0.3) is 0 Å². The summed E-state index contributed by atoms with van der Waals surface area (Å²) in [4.78, 5) is 23.4. The van der Waals surface area contributed by atoms with Crippen LogP contribution in [-0.4, -0.2) is 17.9 Å². The van der Waals surface area contributed by atoms with Gasteiger partial charge in [-0.3, -0.25) is 9.59 Å². The maximum absolute atomic E-state index is 12.0. The van der Waals surface area contributed by atoms with Crippen molar-refractivity contribution in [2.45, 2.75) is 32.4 Å². The normalized spacial score (nSPS) is 15.3. The smallest absolute Gasteiger partial charge is 0.242 e. The van der Waals surface area contributed by atoms with Crippen molar-refractivity contribution in [1.82, 2.24) is 5.32 Å². The number of nitrogens with one attached hydrogen (secondary N) is 1. The van der Waals surface area contributed by atoms with E-state index in [2.05, 4.69) is 5.32 Å². The number of benzene rings is 1. The fourth-order valence-corrected chi connectivity index (χ4v) is 1.78. The van der Waals surface area contributed by atoms with Crippen LogP contribution in [0.5, 0.6) is 0 Å². The second-order valence-corrected chi connectivity index (χ2v) is 4.66. The van der Waals surface area contributed by atoms with Gasteiger partial charge in [0.1, 0.15) is 12.1 Å². The molecular formula is C14H21N3O2. The summed E-state index contributed by atoms with van der Waals surface area (Å²) in [6, 6.07) is 7.52. The molecular weight excluding hydrogens is 242 g/mol. The highest BCUT2D eigenvalue weighted by atomic mass is 16.2. The molecule has 3 unspecified atom stereocenters. The third-order valence-corrected chi connectivity index (χ3v) is 3.26. The molecule has 104 valence electrons. The molecule has 0 fully saturated rings. The van der Waals surface area contributed by atoms with Gasteiger partial charge in [0, 0.05) is 0 Å². The molecule has 0 saturated heterocycles. The van der Waals surface area contributed by atoms with Crippen LogP contribution in [0.2, 0.25) is 0 Å². The van der Waals surface area contributed by atoms with Gasteiger partial charge in [0.25, 0.3) is 0 Å². The Morgan fingerprint density at radius 1 is 1.26 bits per heavy atom. The molecule has 0 spiro atoms. The Hall–Kier alpha value is -1.88. The molecule has 0 heterocycles. The molecule has 0 aliphatic rings. The zero-order valence-electron chi connectivity index (χ0n) is 11.3. The molecule has 2 amide bonds. The maximum Gasteiger partial charge on any atom is 0.242 e. The molecule has 5 nitrogen and oxygen atoms in total. The summed E-state index contributed by atoms with van der Waals surface area (Å²) in [6.45, 7) is 3.80. The van der Waals surface area contributed by atoms with E-state index in [9.17, 15) is 9.59 Å². The van der Waals surface area contributed by atoms with Crippen molar-refractivity contribution in [3.05, 3.63) is 35.9 Å². The molecule has 1 aromatic rings. The molecule has 5 heteroatoms. The summed E-state index contributed by atoms with van der Waals surface area (Å²) in [5.74, 6) is -0.956. The summed E-state index contributed by atoms with van der Waals surface area (Å²) in [5, 5.41) is 2.63. The van der Waals surface area contributed by atoms with Gasteiger partial charge in [-0.05, 0) is 11.5 Å². The molecule has 0 radical (unpaired) electrons. The van der Waals surface area contributed by atoms with Crippen molar-refractivity contribution in [2.75, 3.05) is 0 Å². The highest BCUT2D eigenvalue weighted by molar-refractivity contribution is 5.89. The van der Waals surface area contributed by atoms with E-state index in [1.807, 2.05) is 32.0 Å². The van der Waals surface area contributed by atoms with Crippen LogP contribution >= 0.6 is 0 Å². The number of carbonyl (C=O) groups excluding carboxylic acids is 2. The molecule has 5 N–H and O–H groups in total.